The number of para-hydroxylation sites is 1. The first kappa shape index (κ1) is 8.54. The fraction of sp³-hybridized carbons (Fsp3) is 0.143. The van der Waals surface area contributed by atoms with E-state index in [9.17, 15) is 0 Å². The largest absolute Gasteiger partial charge is 0.355 e. The number of hydrogen-bond acceptors (Lipinski definition) is 0. The quantitative estimate of drug-likeness (QED) is 0.619. The minimum Gasteiger partial charge on any atom is -0.355 e. The Bertz CT molecular complexity index is 629. The molecule has 0 saturated carbocycles. The summed E-state index contributed by atoms with van der Waals surface area (Å²) in [5.41, 5.74) is 1.23. The summed E-state index contributed by atoms with van der Waals surface area (Å²) >= 11 is 0. The molecule has 1 heterocycles. The number of benzene rings is 1. The Hall–Kier alpha value is -1.76. The Labute approximate surface area is 88.4 Å². The minimum absolute atomic E-state index is 1.02. The van der Waals surface area contributed by atoms with E-state index in [1.165, 1.54) is 21.5 Å². The zero-order valence-corrected chi connectivity index (χ0v) is 8.53. The van der Waals surface area contributed by atoms with Crippen molar-refractivity contribution in [3.63, 3.8) is 0 Å². The van der Waals surface area contributed by atoms with E-state index in [2.05, 4.69) is 53.6 Å². The van der Waals surface area contributed by atoms with Crippen molar-refractivity contribution in [3.05, 3.63) is 47.0 Å². The van der Waals surface area contributed by atoms with Crippen molar-refractivity contribution in [1.82, 2.24) is 4.98 Å². The van der Waals surface area contributed by atoms with Crippen LogP contribution in [0.15, 0.2) is 36.4 Å². The average Bonchev–Trinajstić information content (AvgIpc) is 2.55. The zero-order chi connectivity index (χ0) is 10.1. The standard InChI is InChI=1S/C14H13N/c1-2-4-9-13-11(7-3-1)12-8-5-6-10-14(12)15-13/h1-2,5-10,15H,3-4H2/b2-1-,11-7?,13-9+. The molecule has 1 heteroatoms. The zero-order valence-electron chi connectivity index (χ0n) is 8.53. The maximum Gasteiger partial charge on any atom is 0.0464 e. The summed E-state index contributed by atoms with van der Waals surface area (Å²) in [5, 5.41) is 3.95. The van der Waals surface area contributed by atoms with Crippen LogP contribution in [0.25, 0.3) is 23.1 Å². The fourth-order valence-electron chi connectivity index (χ4n) is 2.13. The summed E-state index contributed by atoms with van der Waals surface area (Å²) < 4.78 is 0. The number of aromatic amines is 1. The van der Waals surface area contributed by atoms with Crippen LogP contribution in [0.4, 0.5) is 0 Å². The molecule has 15 heavy (non-hydrogen) atoms. The van der Waals surface area contributed by atoms with Crippen LogP contribution >= 0.6 is 0 Å². The molecule has 0 fully saturated rings. The Morgan fingerprint density at radius 3 is 2.67 bits per heavy atom. The normalized spacial score (nSPS) is 19.3. The molecule has 0 amide bonds. The number of nitrogens with one attached hydrogen (secondary N) is 1. The van der Waals surface area contributed by atoms with Gasteiger partial charge in [0.1, 0.15) is 0 Å². The maximum absolute atomic E-state index is 3.46. The molecule has 1 nitrogen and oxygen atoms in total. The lowest BCUT2D eigenvalue weighted by atomic mass is 10.1. The molecular weight excluding hydrogens is 182 g/mol. The van der Waals surface area contributed by atoms with Gasteiger partial charge in [0.2, 0.25) is 0 Å². The monoisotopic (exact) mass is 195 g/mol. The topological polar surface area (TPSA) is 15.8 Å². The van der Waals surface area contributed by atoms with Gasteiger partial charge in [-0.05, 0) is 18.9 Å². The van der Waals surface area contributed by atoms with E-state index < -0.39 is 0 Å². The number of hydrogen-bond donors (Lipinski definition) is 1. The molecule has 1 aliphatic carbocycles. The summed E-state index contributed by atoms with van der Waals surface area (Å²) in [7, 11) is 0. The van der Waals surface area contributed by atoms with E-state index in [-0.39, 0.29) is 0 Å². The van der Waals surface area contributed by atoms with Crippen molar-refractivity contribution in [2.75, 3.05) is 0 Å². The minimum atomic E-state index is 1.02. The second kappa shape index (κ2) is 3.43. The molecule has 74 valence electrons. The Morgan fingerprint density at radius 2 is 1.73 bits per heavy atom. The molecule has 1 aromatic carbocycles. The molecule has 0 saturated heterocycles. The summed E-state index contributed by atoms with van der Waals surface area (Å²) in [6.07, 6.45) is 11.0. The summed E-state index contributed by atoms with van der Waals surface area (Å²) in [5.74, 6) is 0. The van der Waals surface area contributed by atoms with Crippen molar-refractivity contribution < 1.29 is 0 Å². The highest BCUT2D eigenvalue weighted by Gasteiger charge is 1.98. The van der Waals surface area contributed by atoms with Gasteiger partial charge in [0.05, 0.1) is 0 Å². The first-order valence-corrected chi connectivity index (χ1v) is 5.37. The fourth-order valence-corrected chi connectivity index (χ4v) is 2.13. The van der Waals surface area contributed by atoms with E-state index in [1.807, 2.05) is 0 Å². The molecule has 0 spiro atoms. The Morgan fingerprint density at radius 1 is 0.933 bits per heavy atom. The third-order valence-electron chi connectivity index (χ3n) is 2.86. The molecule has 0 radical (unpaired) electrons. The molecule has 3 rings (SSSR count). The highest BCUT2D eigenvalue weighted by Crippen LogP contribution is 2.05. The van der Waals surface area contributed by atoms with Crippen LogP contribution < -0.4 is 10.6 Å². The molecule has 0 aliphatic heterocycles. The summed E-state index contributed by atoms with van der Waals surface area (Å²) in [6, 6.07) is 8.48. The van der Waals surface area contributed by atoms with Crippen molar-refractivity contribution in [3.8, 4) is 0 Å². The van der Waals surface area contributed by atoms with Gasteiger partial charge in [0, 0.05) is 21.5 Å². The van der Waals surface area contributed by atoms with Crippen LogP contribution in [0, 0.1) is 0 Å². The highest BCUT2D eigenvalue weighted by atomic mass is 14.7. The van der Waals surface area contributed by atoms with Gasteiger partial charge in [-0.1, -0.05) is 42.5 Å². The van der Waals surface area contributed by atoms with Gasteiger partial charge in [-0.2, -0.15) is 0 Å². The molecular formula is C14H13N. The molecule has 0 bridgehead atoms. The third kappa shape index (κ3) is 1.40. The molecule has 0 unspecified atom stereocenters. The van der Waals surface area contributed by atoms with E-state index >= 15 is 0 Å². The van der Waals surface area contributed by atoms with Crippen LogP contribution in [0.2, 0.25) is 0 Å². The molecule has 0 atom stereocenters. The van der Waals surface area contributed by atoms with Gasteiger partial charge in [0.15, 0.2) is 0 Å². The van der Waals surface area contributed by atoms with Crippen LogP contribution in [0.3, 0.4) is 0 Å². The van der Waals surface area contributed by atoms with E-state index in [0.717, 1.165) is 12.8 Å². The van der Waals surface area contributed by atoms with Gasteiger partial charge in [-0.3, -0.25) is 0 Å². The van der Waals surface area contributed by atoms with E-state index in [4.69, 9.17) is 0 Å². The first-order valence-electron chi connectivity index (χ1n) is 5.37. The maximum atomic E-state index is 3.46. The van der Waals surface area contributed by atoms with E-state index in [1.54, 1.807) is 0 Å². The van der Waals surface area contributed by atoms with Gasteiger partial charge >= 0.3 is 0 Å². The molecule has 1 aromatic heterocycles. The molecule has 2 aromatic rings. The summed E-state index contributed by atoms with van der Waals surface area (Å²) in [4.78, 5) is 3.46. The van der Waals surface area contributed by atoms with Crippen molar-refractivity contribution >= 4 is 23.1 Å². The van der Waals surface area contributed by atoms with Crippen LogP contribution in [0.5, 0.6) is 0 Å². The molecule has 1 N–H and O–H groups in total. The predicted octanol–water partition coefficient (Wildman–Crippen LogP) is 2.08. The average molecular weight is 195 g/mol. The van der Waals surface area contributed by atoms with Crippen LogP contribution in [0.1, 0.15) is 12.8 Å². The second-order valence-corrected chi connectivity index (χ2v) is 3.85. The lowest BCUT2D eigenvalue weighted by molar-refractivity contribution is 1.28. The van der Waals surface area contributed by atoms with Gasteiger partial charge < -0.3 is 4.98 Å². The van der Waals surface area contributed by atoms with Crippen LogP contribution in [-0.2, 0) is 0 Å². The number of rotatable bonds is 0. The Kier molecular flexibility index (Phi) is 1.95. The van der Waals surface area contributed by atoms with Gasteiger partial charge in [0.25, 0.3) is 0 Å². The van der Waals surface area contributed by atoms with Crippen molar-refractivity contribution in [1.29, 1.82) is 0 Å². The lowest BCUT2D eigenvalue weighted by Gasteiger charge is -1.89. The second-order valence-electron chi connectivity index (χ2n) is 3.85. The highest BCUT2D eigenvalue weighted by molar-refractivity contribution is 5.81. The SMILES string of the molecule is C1=c2/c([nH]c3ccccc23)=C\C/C=C\C1. The Balaban J connectivity index is 2.46. The number of fused-ring (bicyclic) bond motifs is 3. The molecule has 1 aliphatic rings. The van der Waals surface area contributed by atoms with Crippen molar-refractivity contribution in [2.24, 2.45) is 0 Å². The van der Waals surface area contributed by atoms with E-state index in [0.29, 0.717) is 0 Å². The van der Waals surface area contributed by atoms with Gasteiger partial charge in [-0.15, -0.1) is 0 Å². The first-order chi connectivity index (χ1) is 7.45. The number of allylic oxidation sites excluding steroid dienone is 2. The lowest BCUT2D eigenvalue weighted by Crippen LogP contribution is -2.22. The smallest absolute Gasteiger partial charge is 0.0464 e. The summed E-state index contributed by atoms with van der Waals surface area (Å²) in [6.45, 7) is 0. The van der Waals surface area contributed by atoms with Crippen molar-refractivity contribution in [2.45, 2.75) is 12.8 Å². The number of H-pyrrole nitrogens is 1. The third-order valence-corrected chi connectivity index (χ3v) is 2.86. The predicted molar refractivity (Wildman–Crippen MR) is 64.9 cm³/mol. The number of aromatic nitrogens is 1. The van der Waals surface area contributed by atoms with Crippen LogP contribution in [-0.4, -0.2) is 4.98 Å². The van der Waals surface area contributed by atoms with Gasteiger partial charge in [-0.25, -0.2) is 0 Å².